The van der Waals surface area contributed by atoms with Crippen LogP contribution in [0.15, 0.2) is 48.9 Å². The maximum atomic E-state index is 6.14. The van der Waals surface area contributed by atoms with Gasteiger partial charge in [-0.1, -0.05) is 6.07 Å². The van der Waals surface area contributed by atoms with Crippen LogP contribution in [0.4, 0.5) is 0 Å². The maximum Gasteiger partial charge on any atom is 0.218 e. The molecule has 3 aromatic heterocycles. The number of rotatable bonds is 7. The molecule has 0 bridgehead atoms. The molecule has 0 saturated carbocycles. The largest absolute Gasteiger partial charge is 0.472 e. The number of nitrogens with one attached hydrogen (secondary N) is 2. The van der Waals surface area contributed by atoms with E-state index in [0.29, 0.717) is 25.6 Å². The molecule has 2 N–H and O–H groups in total. The van der Waals surface area contributed by atoms with E-state index in [1.807, 2.05) is 31.5 Å². The molecule has 30 heavy (non-hydrogen) atoms. The van der Waals surface area contributed by atoms with Crippen molar-refractivity contribution < 1.29 is 4.74 Å². The zero-order valence-corrected chi connectivity index (χ0v) is 17.1. The Labute approximate surface area is 175 Å². The molecular weight excluding hydrogens is 374 g/mol. The van der Waals surface area contributed by atoms with Crippen LogP contribution < -0.4 is 10.1 Å². The van der Waals surface area contributed by atoms with E-state index in [0.717, 1.165) is 41.0 Å². The lowest BCUT2D eigenvalue weighted by Crippen LogP contribution is -2.15. The van der Waals surface area contributed by atoms with Crippen molar-refractivity contribution in [3.63, 3.8) is 0 Å². The van der Waals surface area contributed by atoms with Crippen LogP contribution in [0.1, 0.15) is 40.2 Å². The summed E-state index contributed by atoms with van der Waals surface area (Å²) in [7, 11) is 0. The number of hydrogen-bond donors (Lipinski definition) is 2. The number of nitrogens with zero attached hydrogens (tertiary/aromatic N) is 3. The van der Waals surface area contributed by atoms with Gasteiger partial charge in [0.15, 0.2) is 0 Å². The number of hydrogen-bond acceptors (Lipinski definition) is 5. The number of fused-ring (bicyclic) bond motifs is 2. The molecule has 6 nitrogen and oxygen atoms in total. The lowest BCUT2D eigenvalue weighted by atomic mass is 10.0. The number of aromatic amines is 1. The van der Waals surface area contributed by atoms with Crippen molar-refractivity contribution in [1.82, 2.24) is 25.3 Å². The highest BCUT2D eigenvalue weighted by molar-refractivity contribution is 5.82. The fourth-order valence-electron chi connectivity index (χ4n) is 4.03. The number of benzene rings is 1. The minimum absolute atomic E-state index is 0.446. The molecule has 6 heteroatoms. The third-order valence-corrected chi connectivity index (χ3v) is 5.53. The van der Waals surface area contributed by atoms with E-state index in [1.165, 1.54) is 22.9 Å². The Balaban J connectivity index is 1.41. The number of ether oxygens (including phenoxy) is 1. The molecular formula is C24H25N5O. The Hall–Kier alpha value is -3.25. The zero-order chi connectivity index (χ0) is 20.3. The predicted molar refractivity (Wildman–Crippen MR) is 116 cm³/mol. The first kappa shape index (κ1) is 18.8. The molecule has 1 aliphatic carbocycles. The van der Waals surface area contributed by atoms with Crippen LogP contribution in [-0.4, -0.2) is 19.9 Å². The topological polar surface area (TPSA) is 75.7 Å². The van der Waals surface area contributed by atoms with Gasteiger partial charge in [-0.25, -0.2) is 9.97 Å². The normalized spacial score (nSPS) is 13.0. The van der Waals surface area contributed by atoms with Crippen LogP contribution in [0, 0.1) is 6.92 Å². The lowest BCUT2D eigenvalue weighted by Gasteiger charge is -2.13. The summed E-state index contributed by atoms with van der Waals surface area (Å²) in [4.78, 5) is 16.7. The Kier molecular flexibility index (Phi) is 5.15. The van der Waals surface area contributed by atoms with Gasteiger partial charge in [-0.05, 0) is 61.6 Å². The molecule has 4 aromatic rings. The van der Waals surface area contributed by atoms with Crippen LogP contribution in [0.3, 0.4) is 0 Å². The molecule has 152 valence electrons. The average Bonchev–Trinajstić information content (AvgIpc) is 3.39. The number of aromatic nitrogens is 4. The van der Waals surface area contributed by atoms with Gasteiger partial charge in [-0.2, -0.15) is 0 Å². The van der Waals surface area contributed by atoms with Crippen LogP contribution >= 0.6 is 0 Å². The highest BCUT2D eigenvalue weighted by Gasteiger charge is 2.15. The number of H-pyrrole nitrogens is 1. The molecule has 0 fully saturated rings. The van der Waals surface area contributed by atoms with Gasteiger partial charge < -0.3 is 15.0 Å². The van der Waals surface area contributed by atoms with Gasteiger partial charge in [0.05, 0.1) is 12.1 Å². The van der Waals surface area contributed by atoms with Crippen LogP contribution in [0.5, 0.6) is 5.88 Å². The van der Waals surface area contributed by atoms with Gasteiger partial charge in [-0.15, -0.1) is 0 Å². The van der Waals surface area contributed by atoms with Gasteiger partial charge in [0.25, 0.3) is 0 Å². The third kappa shape index (κ3) is 4.04. The minimum atomic E-state index is 0.446. The highest BCUT2D eigenvalue weighted by atomic mass is 16.5. The summed E-state index contributed by atoms with van der Waals surface area (Å²) in [5, 5.41) is 4.64. The van der Waals surface area contributed by atoms with Crippen molar-refractivity contribution in [1.29, 1.82) is 0 Å². The Morgan fingerprint density at radius 2 is 2.00 bits per heavy atom. The zero-order valence-electron chi connectivity index (χ0n) is 17.1. The monoisotopic (exact) mass is 399 g/mol. The van der Waals surface area contributed by atoms with Gasteiger partial charge in [-0.3, -0.25) is 4.98 Å². The van der Waals surface area contributed by atoms with Crippen LogP contribution in [0.25, 0.3) is 10.9 Å². The predicted octanol–water partition coefficient (Wildman–Crippen LogP) is 4.02. The summed E-state index contributed by atoms with van der Waals surface area (Å²) >= 11 is 0. The Morgan fingerprint density at radius 3 is 2.80 bits per heavy atom. The second-order valence-electron chi connectivity index (χ2n) is 7.89. The van der Waals surface area contributed by atoms with Crippen molar-refractivity contribution >= 4 is 10.9 Å². The number of pyridine rings is 2. The summed E-state index contributed by atoms with van der Waals surface area (Å²) in [6.45, 7) is 3.77. The fraction of sp³-hybridized carbons (Fsp3) is 0.292. The van der Waals surface area contributed by atoms with Gasteiger partial charge in [0, 0.05) is 47.3 Å². The van der Waals surface area contributed by atoms with Gasteiger partial charge >= 0.3 is 0 Å². The van der Waals surface area contributed by atoms with Crippen molar-refractivity contribution in [2.45, 2.75) is 45.9 Å². The quantitative estimate of drug-likeness (QED) is 0.491. The third-order valence-electron chi connectivity index (χ3n) is 5.53. The molecule has 3 heterocycles. The highest BCUT2D eigenvalue weighted by Crippen LogP contribution is 2.30. The first-order chi connectivity index (χ1) is 14.7. The SMILES string of the molecule is Cc1cnc(CNCc2cc3cc4c(cc3nc2OCc2cccnc2)CCC4)[nH]1. The summed E-state index contributed by atoms with van der Waals surface area (Å²) in [6, 6.07) is 10.7. The molecule has 0 spiro atoms. The van der Waals surface area contributed by atoms with Crippen molar-refractivity contribution in [3.05, 3.63) is 82.7 Å². The van der Waals surface area contributed by atoms with E-state index in [1.54, 1.807) is 6.20 Å². The molecule has 0 aliphatic heterocycles. The molecule has 1 aromatic carbocycles. The Morgan fingerprint density at radius 1 is 1.10 bits per heavy atom. The fourth-order valence-corrected chi connectivity index (χ4v) is 4.03. The van der Waals surface area contributed by atoms with Crippen molar-refractivity contribution in [2.75, 3.05) is 0 Å². The van der Waals surface area contributed by atoms with E-state index in [-0.39, 0.29) is 0 Å². The maximum absolute atomic E-state index is 6.14. The molecule has 0 unspecified atom stereocenters. The summed E-state index contributed by atoms with van der Waals surface area (Å²) in [5.41, 5.74) is 7.02. The molecule has 0 atom stereocenters. The van der Waals surface area contributed by atoms with Gasteiger partial charge in [0.2, 0.25) is 5.88 Å². The van der Waals surface area contributed by atoms with E-state index in [9.17, 15) is 0 Å². The summed E-state index contributed by atoms with van der Waals surface area (Å²) < 4.78 is 6.14. The minimum Gasteiger partial charge on any atom is -0.472 e. The standard InChI is InChI=1S/C24H25N5O/c1-16-11-27-23(28-16)14-26-13-21-9-20-8-18-5-2-6-19(18)10-22(20)29-24(21)30-15-17-4-3-7-25-12-17/h3-4,7-12,26H,2,5-6,13-15H2,1H3,(H,27,28). The van der Waals surface area contributed by atoms with E-state index in [4.69, 9.17) is 9.72 Å². The van der Waals surface area contributed by atoms with Crippen molar-refractivity contribution in [2.24, 2.45) is 0 Å². The number of imidazole rings is 1. The molecule has 0 amide bonds. The lowest BCUT2D eigenvalue weighted by molar-refractivity contribution is 0.290. The average molecular weight is 399 g/mol. The molecule has 1 aliphatic rings. The second kappa shape index (κ2) is 8.24. The second-order valence-corrected chi connectivity index (χ2v) is 7.89. The Bertz CT molecular complexity index is 1170. The van der Waals surface area contributed by atoms with E-state index >= 15 is 0 Å². The van der Waals surface area contributed by atoms with E-state index in [2.05, 4.69) is 38.5 Å². The van der Waals surface area contributed by atoms with Crippen LogP contribution in [0.2, 0.25) is 0 Å². The smallest absolute Gasteiger partial charge is 0.218 e. The summed E-state index contributed by atoms with van der Waals surface area (Å²) in [6.07, 6.45) is 8.97. The molecule has 0 radical (unpaired) electrons. The number of aryl methyl sites for hydroxylation is 3. The van der Waals surface area contributed by atoms with Crippen molar-refractivity contribution in [3.8, 4) is 5.88 Å². The first-order valence-electron chi connectivity index (χ1n) is 10.4. The molecule has 0 saturated heterocycles. The molecule has 5 rings (SSSR count). The summed E-state index contributed by atoms with van der Waals surface area (Å²) in [5.74, 6) is 1.60. The first-order valence-corrected chi connectivity index (χ1v) is 10.4. The van der Waals surface area contributed by atoms with Gasteiger partial charge in [0.1, 0.15) is 12.4 Å². The van der Waals surface area contributed by atoms with E-state index < -0.39 is 0 Å². The van der Waals surface area contributed by atoms with Crippen LogP contribution in [-0.2, 0) is 32.5 Å².